The van der Waals surface area contributed by atoms with Crippen molar-refractivity contribution in [2.75, 3.05) is 7.11 Å². The molecule has 140 valence electrons. The number of carbonyl (C=O) groups excluding carboxylic acids is 1. The van der Waals surface area contributed by atoms with E-state index in [2.05, 4.69) is 15.3 Å². The van der Waals surface area contributed by atoms with E-state index in [9.17, 15) is 9.59 Å². The largest absolute Gasteiger partial charge is 0.497 e. The molecule has 0 fully saturated rings. The predicted molar refractivity (Wildman–Crippen MR) is 103 cm³/mol. The van der Waals surface area contributed by atoms with Crippen molar-refractivity contribution in [3.8, 4) is 5.75 Å². The van der Waals surface area contributed by atoms with Crippen molar-refractivity contribution in [2.45, 2.75) is 26.9 Å². The van der Waals surface area contributed by atoms with Crippen molar-refractivity contribution >= 4 is 17.1 Å². The molecule has 0 spiro atoms. The van der Waals surface area contributed by atoms with Crippen LogP contribution in [0.5, 0.6) is 5.75 Å². The molecule has 0 bridgehead atoms. The van der Waals surface area contributed by atoms with E-state index in [1.165, 1.54) is 4.57 Å². The molecule has 27 heavy (non-hydrogen) atoms. The van der Waals surface area contributed by atoms with Crippen molar-refractivity contribution in [1.29, 1.82) is 0 Å². The first-order chi connectivity index (χ1) is 13.0. The Bertz CT molecular complexity index is 1030. The maximum absolute atomic E-state index is 12.9. The second kappa shape index (κ2) is 7.99. The number of rotatable bonds is 6. The maximum atomic E-state index is 12.9. The number of fused-ring (bicyclic) bond motifs is 1. The summed E-state index contributed by atoms with van der Waals surface area (Å²) in [6.07, 6.45) is 1.61. The number of hydrogen-bond acceptors (Lipinski definition) is 5. The molecule has 0 saturated carbocycles. The standard InChI is InChI=1S/C20H22N4O3/c1-13(2)12-24-18-16(8-5-9-21-18)23-17(20(24)26)19(25)22-11-14-6-4-7-15(10-14)27-3/h4-10,13H,11-12H2,1-3H3,(H,22,25). The van der Waals surface area contributed by atoms with Gasteiger partial charge in [0.25, 0.3) is 11.5 Å². The van der Waals surface area contributed by atoms with E-state index in [0.717, 1.165) is 5.56 Å². The number of carbonyl (C=O) groups is 1. The number of ether oxygens (including phenoxy) is 1. The number of amides is 1. The van der Waals surface area contributed by atoms with Crippen LogP contribution in [0.25, 0.3) is 11.2 Å². The summed E-state index contributed by atoms with van der Waals surface area (Å²) >= 11 is 0. The number of nitrogens with one attached hydrogen (secondary N) is 1. The van der Waals surface area contributed by atoms with Gasteiger partial charge in [-0.3, -0.25) is 14.2 Å². The first-order valence-electron chi connectivity index (χ1n) is 8.76. The lowest BCUT2D eigenvalue weighted by Gasteiger charge is -2.13. The van der Waals surface area contributed by atoms with Gasteiger partial charge in [0.15, 0.2) is 11.3 Å². The second-order valence-electron chi connectivity index (χ2n) is 6.65. The molecule has 0 unspecified atom stereocenters. The minimum atomic E-state index is -0.508. The lowest BCUT2D eigenvalue weighted by molar-refractivity contribution is 0.0944. The fourth-order valence-corrected chi connectivity index (χ4v) is 2.81. The number of methoxy groups -OCH3 is 1. The van der Waals surface area contributed by atoms with Gasteiger partial charge in [-0.25, -0.2) is 9.97 Å². The van der Waals surface area contributed by atoms with E-state index in [1.807, 2.05) is 38.1 Å². The van der Waals surface area contributed by atoms with Gasteiger partial charge in [0, 0.05) is 19.3 Å². The molecule has 1 aromatic carbocycles. The summed E-state index contributed by atoms with van der Waals surface area (Å²) in [7, 11) is 1.59. The molecule has 0 aliphatic heterocycles. The second-order valence-corrected chi connectivity index (χ2v) is 6.65. The molecule has 2 heterocycles. The Morgan fingerprint density at radius 2 is 2.07 bits per heavy atom. The van der Waals surface area contributed by atoms with Gasteiger partial charge in [-0.15, -0.1) is 0 Å². The normalized spacial score (nSPS) is 11.0. The molecule has 3 aromatic rings. The van der Waals surface area contributed by atoms with Gasteiger partial charge in [0.05, 0.1) is 7.11 Å². The number of benzene rings is 1. The zero-order valence-electron chi connectivity index (χ0n) is 15.6. The topological polar surface area (TPSA) is 86.1 Å². The van der Waals surface area contributed by atoms with Crippen molar-refractivity contribution in [3.05, 3.63) is 64.2 Å². The summed E-state index contributed by atoms with van der Waals surface area (Å²) in [6.45, 7) is 4.74. The maximum Gasteiger partial charge on any atom is 0.283 e. The highest BCUT2D eigenvalue weighted by Gasteiger charge is 2.18. The highest BCUT2D eigenvalue weighted by Crippen LogP contribution is 2.13. The highest BCUT2D eigenvalue weighted by molar-refractivity contribution is 5.93. The Kier molecular flexibility index (Phi) is 5.49. The molecule has 0 radical (unpaired) electrons. The Balaban J connectivity index is 1.92. The van der Waals surface area contributed by atoms with Crippen molar-refractivity contribution in [3.63, 3.8) is 0 Å². The van der Waals surface area contributed by atoms with Crippen LogP contribution in [0.15, 0.2) is 47.4 Å². The van der Waals surface area contributed by atoms with Gasteiger partial charge in [-0.05, 0) is 35.7 Å². The zero-order chi connectivity index (χ0) is 19.4. The van der Waals surface area contributed by atoms with Gasteiger partial charge >= 0.3 is 0 Å². The van der Waals surface area contributed by atoms with E-state index in [1.54, 1.807) is 25.4 Å². The molecule has 1 amide bonds. The lowest BCUT2D eigenvalue weighted by atomic mass is 10.2. The summed E-state index contributed by atoms with van der Waals surface area (Å²) in [6, 6.07) is 10.9. The van der Waals surface area contributed by atoms with E-state index in [-0.39, 0.29) is 18.2 Å². The highest BCUT2D eigenvalue weighted by atomic mass is 16.5. The van der Waals surface area contributed by atoms with Crippen molar-refractivity contribution < 1.29 is 9.53 Å². The minimum absolute atomic E-state index is 0.126. The van der Waals surface area contributed by atoms with Crippen LogP contribution in [0, 0.1) is 5.92 Å². The van der Waals surface area contributed by atoms with Crippen LogP contribution < -0.4 is 15.6 Å². The van der Waals surface area contributed by atoms with E-state index >= 15 is 0 Å². The predicted octanol–water partition coefficient (Wildman–Crippen LogP) is 2.39. The average molecular weight is 366 g/mol. The van der Waals surface area contributed by atoms with Gasteiger partial charge in [0.1, 0.15) is 11.3 Å². The van der Waals surface area contributed by atoms with Crippen molar-refractivity contribution in [2.24, 2.45) is 5.92 Å². The Morgan fingerprint density at radius 3 is 2.81 bits per heavy atom. The Morgan fingerprint density at radius 1 is 1.26 bits per heavy atom. The first kappa shape index (κ1) is 18.6. The minimum Gasteiger partial charge on any atom is -0.497 e. The zero-order valence-corrected chi connectivity index (χ0v) is 15.6. The molecule has 7 heteroatoms. The summed E-state index contributed by atoms with van der Waals surface area (Å²) in [5.41, 5.74) is 1.31. The quantitative estimate of drug-likeness (QED) is 0.724. The molecular formula is C20H22N4O3. The smallest absolute Gasteiger partial charge is 0.283 e. The third-order valence-corrected chi connectivity index (χ3v) is 4.05. The number of pyridine rings is 1. The first-order valence-corrected chi connectivity index (χ1v) is 8.76. The third-order valence-electron chi connectivity index (χ3n) is 4.05. The Hall–Kier alpha value is -3.22. The lowest BCUT2D eigenvalue weighted by Crippen LogP contribution is -2.35. The van der Waals surface area contributed by atoms with Crippen LogP contribution in [0.2, 0.25) is 0 Å². The van der Waals surface area contributed by atoms with E-state index in [0.29, 0.717) is 23.5 Å². The molecule has 0 atom stereocenters. The van der Waals surface area contributed by atoms with Gasteiger partial charge in [-0.1, -0.05) is 26.0 Å². The van der Waals surface area contributed by atoms with Crippen LogP contribution in [-0.2, 0) is 13.1 Å². The molecule has 2 aromatic heterocycles. The molecule has 1 N–H and O–H groups in total. The molecule has 3 rings (SSSR count). The SMILES string of the molecule is COc1cccc(CNC(=O)c2nc3cccnc3n(CC(C)C)c2=O)c1. The van der Waals surface area contributed by atoms with Crippen LogP contribution in [0.3, 0.4) is 0 Å². The van der Waals surface area contributed by atoms with Gasteiger partial charge in [0.2, 0.25) is 0 Å². The van der Waals surface area contributed by atoms with Gasteiger partial charge < -0.3 is 10.1 Å². The fourth-order valence-electron chi connectivity index (χ4n) is 2.81. The summed E-state index contributed by atoms with van der Waals surface area (Å²) in [5.74, 6) is 0.421. The molecular weight excluding hydrogens is 344 g/mol. The van der Waals surface area contributed by atoms with Crippen molar-refractivity contribution in [1.82, 2.24) is 19.9 Å². The van der Waals surface area contributed by atoms with Gasteiger partial charge in [-0.2, -0.15) is 0 Å². The third kappa shape index (κ3) is 4.13. The molecule has 0 saturated heterocycles. The molecule has 0 aliphatic rings. The van der Waals surface area contributed by atoms with E-state index < -0.39 is 11.5 Å². The number of nitrogens with zero attached hydrogens (tertiary/aromatic N) is 3. The van der Waals surface area contributed by atoms with Crippen LogP contribution in [0.1, 0.15) is 29.9 Å². The van der Waals surface area contributed by atoms with Crippen LogP contribution in [0.4, 0.5) is 0 Å². The fraction of sp³-hybridized carbons (Fsp3) is 0.300. The Labute approximate surface area is 157 Å². The number of hydrogen-bond donors (Lipinski definition) is 1. The summed E-state index contributed by atoms with van der Waals surface area (Å²) in [4.78, 5) is 34.0. The van der Waals surface area contributed by atoms with Crippen LogP contribution in [-0.4, -0.2) is 27.6 Å². The van der Waals surface area contributed by atoms with Crippen LogP contribution >= 0.6 is 0 Å². The van der Waals surface area contributed by atoms with E-state index in [4.69, 9.17) is 4.74 Å². The molecule has 7 nitrogen and oxygen atoms in total. The summed E-state index contributed by atoms with van der Waals surface area (Å²) < 4.78 is 6.70. The summed E-state index contributed by atoms with van der Waals surface area (Å²) in [5, 5.41) is 2.76. The average Bonchev–Trinajstić information content (AvgIpc) is 2.68. The number of aromatic nitrogens is 3. The molecule has 0 aliphatic carbocycles. The monoisotopic (exact) mass is 366 g/mol.